The van der Waals surface area contributed by atoms with E-state index < -0.39 is 0 Å². The fraction of sp³-hybridized carbons (Fsp3) is 0.765. The van der Waals surface area contributed by atoms with Gasteiger partial charge in [0.15, 0.2) is 11.8 Å². The molecule has 0 saturated heterocycles. The van der Waals surface area contributed by atoms with Gasteiger partial charge in [0.05, 0.1) is 6.54 Å². The predicted molar refractivity (Wildman–Crippen MR) is 98.1 cm³/mol. The van der Waals surface area contributed by atoms with E-state index in [1.165, 1.54) is 0 Å². The van der Waals surface area contributed by atoms with Crippen molar-refractivity contribution in [1.82, 2.24) is 30.7 Å². The molecule has 2 atom stereocenters. The SMILES string of the molecule is CN=C(NCc1nnc(C)n1C)NC1CCCC(C(=O)NC(C)C)C1. The van der Waals surface area contributed by atoms with Crippen LogP contribution in [0.15, 0.2) is 4.99 Å². The fourth-order valence-electron chi connectivity index (χ4n) is 3.12. The zero-order valence-electron chi connectivity index (χ0n) is 16.0. The van der Waals surface area contributed by atoms with Crippen molar-refractivity contribution in [2.45, 2.75) is 65.1 Å². The van der Waals surface area contributed by atoms with Gasteiger partial charge < -0.3 is 20.5 Å². The summed E-state index contributed by atoms with van der Waals surface area (Å²) in [7, 11) is 3.70. The first kappa shape index (κ1) is 19.2. The van der Waals surface area contributed by atoms with Crippen LogP contribution in [-0.4, -0.2) is 45.8 Å². The molecule has 1 aromatic rings. The lowest BCUT2D eigenvalue weighted by atomic mass is 9.85. The van der Waals surface area contributed by atoms with Gasteiger partial charge in [-0.1, -0.05) is 6.42 Å². The highest BCUT2D eigenvalue weighted by molar-refractivity contribution is 5.81. The van der Waals surface area contributed by atoms with Gasteiger partial charge in [-0.3, -0.25) is 9.79 Å². The number of aryl methyl sites for hydroxylation is 1. The Morgan fingerprint density at radius 1 is 1.36 bits per heavy atom. The third-order valence-corrected chi connectivity index (χ3v) is 4.64. The van der Waals surface area contributed by atoms with E-state index in [0.29, 0.717) is 6.54 Å². The zero-order valence-corrected chi connectivity index (χ0v) is 16.0. The second-order valence-corrected chi connectivity index (χ2v) is 7.02. The zero-order chi connectivity index (χ0) is 18.4. The maximum absolute atomic E-state index is 12.3. The van der Waals surface area contributed by atoms with Crippen molar-refractivity contribution in [3.8, 4) is 0 Å². The third-order valence-electron chi connectivity index (χ3n) is 4.64. The number of aromatic nitrogens is 3. The number of carbonyl (C=O) groups is 1. The van der Waals surface area contributed by atoms with E-state index in [2.05, 4.69) is 31.1 Å². The van der Waals surface area contributed by atoms with Gasteiger partial charge in [0.2, 0.25) is 5.91 Å². The number of amides is 1. The molecule has 25 heavy (non-hydrogen) atoms. The van der Waals surface area contributed by atoms with Crippen LogP contribution >= 0.6 is 0 Å². The lowest BCUT2D eigenvalue weighted by molar-refractivity contribution is -0.126. The minimum atomic E-state index is 0.0770. The number of carbonyl (C=O) groups excluding carboxylic acids is 1. The molecule has 2 unspecified atom stereocenters. The maximum atomic E-state index is 12.3. The number of hydrogen-bond donors (Lipinski definition) is 3. The molecule has 3 N–H and O–H groups in total. The number of aliphatic imine (C=N–C) groups is 1. The quantitative estimate of drug-likeness (QED) is 0.541. The molecule has 0 spiro atoms. The molecule has 140 valence electrons. The number of guanidine groups is 1. The number of nitrogens with zero attached hydrogens (tertiary/aromatic N) is 4. The molecule has 0 bridgehead atoms. The van der Waals surface area contributed by atoms with E-state index in [4.69, 9.17) is 0 Å². The molecule has 1 aliphatic carbocycles. The average molecular weight is 349 g/mol. The van der Waals surface area contributed by atoms with Gasteiger partial charge >= 0.3 is 0 Å². The lowest BCUT2D eigenvalue weighted by Gasteiger charge is -2.30. The smallest absolute Gasteiger partial charge is 0.223 e. The Labute approximate surface area is 149 Å². The Bertz CT molecular complexity index is 608. The topological polar surface area (TPSA) is 96.2 Å². The summed E-state index contributed by atoms with van der Waals surface area (Å²) in [6, 6.07) is 0.439. The summed E-state index contributed by atoms with van der Waals surface area (Å²) in [5.41, 5.74) is 0. The van der Waals surface area contributed by atoms with Gasteiger partial charge in [0.25, 0.3) is 0 Å². The lowest BCUT2D eigenvalue weighted by Crippen LogP contribution is -2.47. The van der Waals surface area contributed by atoms with Gasteiger partial charge in [-0.05, 0) is 40.0 Å². The summed E-state index contributed by atoms with van der Waals surface area (Å²) < 4.78 is 1.95. The summed E-state index contributed by atoms with van der Waals surface area (Å²) in [5, 5.41) is 17.9. The number of nitrogens with one attached hydrogen (secondary N) is 3. The fourth-order valence-corrected chi connectivity index (χ4v) is 3.12. The van der Waals surface area contributed by atoms with Crippen LogP contribution in [0.25, 0.3) is 0 Å². The van der Waals surface area contributed by atoms with Crippen LogP contribution in [-0.2, 0) is 18.4 Å². The Hall–Kier alpha value is -2.12. The maximum Gasteiger partial charge on any atom is 0.223 e. The summed E-state index contributed by atoms with van der Waals surface area (Å²) in [6.45, 7) is 6.47. The predicted octanol–water partition coefficient (Wildman–Crippen LogP) is 0.872. The standard InChI is InChI=1S/C17H31N7O/c1-11(2)20-16(25)13-7-6-8-14(9-13)21-17(18-4)19-10-15-23-22-12(3)24(15)5/h11,13-14H,6-10H2,1-5H3,(H,20,25)(H2,18,19,21). The van der Waals surface area contributed by atoms with Crippen LogP contribution in [0.5, 0.6) is 0 Å². The van der Waals surface area contributed by atoms with Gasteiger partial charge in [-0.25, -0.2) is 0 Å². The van der Waals surface area contributed by atoms with E-state index >= 15 is 0 Å². The van der Waals surface area contributed by atoms with Crippen molar-refractivity contribution >= 4 is 11.9 Å². The largest absolute Gasteiger partial charge is 0.354 e. The number of rotatable bonds is 5. The van der Waals surface area contributed by atoms with Crippen molar-refractivity contribution < 1.29 is 4.79 Å². The second kappa shape index (κ2) is 8.82. The highest BCUT2D eigenvalue weighted by Crippen LogP contribution is 2.24. The van der Waals surface area contributed by atoms with Crippen LogP contribution in [0.4, 0.5) is 0 Å². The normalized spacial score (nSPS) is 21.3. The van der Waals surface area contributed by atoms with Crippen molar-refractivity contribution in [1.29, 1.82) is 0 Å². The monoisotopic (exact) mass is 349 g/mol. The van der Waals surface area contributed by atoms with Gasteiger partial charge in [0, 0.05) is 32.1 Å². The minimum absolute atomic E-state index is 0.0770. The van der Waals surface area contributed by atoms with Gasteiger partial charge in [-0.2, -0.15) is 0 Å². The van der Waals surface area contributed by atoms with Crippen LogP contribution < -0.4 is 16.0 Å². The third kappa shape index (κ3) is 5.44. The summed E-state index contributed by atoms with van der Waals surface area (Å²) in [4.78, 5) is 16.5. The van der Waals surface area contributed by atoms with Gasteiger partial charge in [-0.15, -0.1) is 10.2 Å². The molecule has 2 rings (SSSR count). The average Bonchev–Trinajstić information content (AvgIpc) is 2.90. The van der Waals surface area contributed by atoms with Crippen molar-refractivity contribution in [3.05, 3.63) is 11.6 Å². The number of hydrogen-bond acceptors (Lipinski definition) is 4. The molecular formula is C17H31N7O. The first-order valence-corrected chi connectivity index (χ1v) is 9.03. The van der Waals surface area contributed by atoms with E-state index in [-0.39, 0.29) is 23.9 Å². The van der Waals surface area contributed by atoms with Gasteiger partial charge in [0.1, 0.15) is 5.82 Å². The molecule has 0 radical (unpaired) electrons. The molecule has 0 aromatic carbocycles. The first-order valence-electron chi connectivity index (χ1n) is 9.03. The highest BCUT2D eigenvalue weighted by atomic mass is 16.1. The van der Waals surface area contributed by atoms with Crippen molar-refractivity contribution in [2.24, 2.45) is 18.0 Å². The molecule has 8 heteroatoms. The van der Waals surface area contributed by atoms with Crippen LogP contribution in [0.2, 0.25) is 0 Å². The van der Waals surface area contributed by atoms with Crippen LogP contribution in [0.1, 0.15) is 51.2 Å². The molecule has 1 saturated carbocycles. The molecule has 1 aliphatic rings. The summed E-state index contributed by atoms with van der Waals surface area (Å²) in [5.74, 6) is 2.71. The molecule has 1 aromatic heterocycles. The Morgan fingerprint density at radius 2 is 2.12 bits per heavy atom. The summed E-state index contributed by atoms with van der Waals surface area (Å²) in [6.07, 6.45) is 3.89. The molecule has 0 aliphatic heterocycles. The Morgan fingerprint density at radius 3 is 2.72 bits per heavy atom. The molecule has 1 amide bonds. The van der Waals surface area contributed by atoms with Crippen LogP contribution in [0.3, 0.4) is 0 Å². The molecule has 8 nitrogen and oxygen atoms in total. The van der Waals surface area contributed by atoms with E-state index in [1.807, 2.05) is 32.4 Å². The van der Waals surface area contributed by atoms with Crippen molar-refractivity contribution in [3.63, 3.8) is 0 Å². The Kier molecular flexibility index (Phi) is 6.78. The summed E-state index contributed by atoms with van der Waals surface area (Å²) >= 11 is 0. The molecule has 1 heterocycles. The van der Waals surface area contributed by atoms with Crippen molar-refractivity contribution in [2.75, 3.05) is 7.05 Å². The van der Waals surface area contributed by atoms with E-state index in [1.54, 1.807) is 7.05 Å². The van der Waals surface area contributed by atoms with E-state index in [9.17, 15) is 4.79 Å². The minimum Gasteiger partial charge on any atom is -0.354 e. The van der Waals surface area contributed by atoms with E-state index in [0.717, 1.165) is 43.3 Å². The van der Waals surface area contributed by atoms with Crippen LogP contribution in [0, 0.1) is 12.8 Å². The molecule has 1 fully saturated rings. The first-order chi connectivity index (χ1) is 11.9. The second-order valence-electron chi connectivity index (χ2n) is 7.02. The molecular weight excluding hydrogens is 318 g/mol. The Balaban J connectivity index is 1.86. The highest BCUT2D eigenvalue weighted by Gasteiger charge is 2.28.